The van der Waals surface area contributed by atoms with Crippen LogP contribution in [-0.4, -0.2) is 64.5 Å². The van der Waals surface area contributed by atoms with Crippen molar-refractivity contribution in [2.24, 2.45) is 0 Å². The number of rotatable bonds is 4. The Morgan fingerprint density at radius 3 is 2.81 bits per heavy atom. The van der Waals surface area contributed by atoms with Gasteiger partial charge >= 0.3 is 5.97 Å². The molecule has 1 saturated heterocycles. The van der Waals surface area contributed by atoms with Gasteiger partial charge in [-0.15, -0.1) is 0 Å². The average molecular weight is 373 g/mol. The van der Waals surface area contributed by atoms with Crippen LogP contribution in [0.1, 0.15) is 35.3 Å². The number of pyridine rings is 1. The smallest absolute Gasteiger partial charge is 0.317 e. The number of carbonyl (C=O) groups is 2. The molecule has 3 rings (SSSR count). The van der Waals surface area contributed by atoms with Crippen LogP contribution in [0.15, 0.2) is 24.3 Å². The fourth-order valence-corrected chi connectivity index (χ4v) is 3.69. The van der Waals surface area contributed by atoms with Crippen molar-refractivity contribution in [3.8, 4) is 0 Å². The van der Waals surface area contributed by atoms with Gasteiger partial charge in [-0.2, -0.15) is 0 Å². The number of hydrogen-bond donors (Lipinski definition) is 1. The van der Waals surface area contributed by atoms with E-state index in [0.29, 0.717) is 29.9 Å². The summed E-state index contributed by atoms with van der Waals surface area (Å²) in [5.41, 5.74) is 1.66. The number of amides is 1. The van der Waals surface area contributed by atoms with E-state index >= 15 is 0 Å². The molecule has 2 aromatic rings. The van der Waals surface area contributed by atoms with E-state index in [9.17, 15) is 14.0 Å². The summed E-state index contributed by atoms with van der Waals surface area (Å²) in [4.78, 5) is 32.0. The molecule has 1 amide bonds. The number of nitrogens with zero attached hydrogens (tertiary/aromatic N) is 3. The van der Waals surface area contributed by atoms with Crippen molar-refractivity contribution in [3.05, 3.63) is 41.3 Å². The number of carboxylic acid groups (broad SMARTS) is 1. The minimum Gasteiger partial charge on any atom is -0.480 e. The van der Waals surface area contributed by atoms with Crippen molar-refractivity contribution in [2.75, 3.05) is 26.7 Å². The lowest BCUT2D eigenvalue weighted by Gasteiger charge is -2.25. The summed E-state index contributed by atoms with van der Waals surface area (Å²) in [6.07, 6.45) is 2.42. The minimum absolute atomic E-state index is 0.00285. The van der Waals surface area contributed by atoms with E-state index in [2.05, 4.69) is 4.98 Å². The Morgan fingerprint density at radius 1 is 1.30 bits per heavy atom. The highest BCUT2D eigenvalue weighted by molar-refractivity contribution is 5.98. The van der Waals surface area contributed by atoms with Crippen LogP contribution < -0.4 is 0 Å². The molecular formula is C20H24FN3O3. The first-order valence-electron chi connectivity index (χ1n) is 9.13. The third kappa shape index (κ3) is 4.42. The zero-order chi connectivity index (χ0) is 19.6. The van der Waals surface area contributed by atoms with Crippen molar-refractivity contribution in [3.63, 3.8) is 0 Å². The number of aliphatic carboxylic acids is 1. The van der Waals surface area contributed by atoms with E-state index in [1.54, 1.807) is 19.1 Å². The molecule has 0 radical (unpaired) electrons. The maximum absolute atomic E-state index is 13.4. The van der Waals surface area contributed by atoms with E-state index in [1.165, 1.54) is 12.1 Å². The molecule has 144 valence electrons. The van der Waals surface area contributed by atoms with Crippen LogP contribution in [0.5, 0.6) is 0 Å². The number of hydrogen-bond acceptors (Lipinski definition) is 4. The van der Waals surface area contributed by atoms with Gasteiger partial charge in [0.25, 0.3) is 5.91 Å². The second kappa shape index (κ2) is 8.00. The number of benzene rings is 1. The van der Waals surface area contributed by atoms with Crippen LogP contribution in [0.4, 0.5) is 4.39 Å². The normalized spacial score (nSPS) is 17.9. The second-order valence-electron chi connectivity index (χ2n) is 7.14. The van der Waals surface area contributed by atoms with Gasteiger partial charge in [-0.25, -0.2) is 4.39 Å². The van der Waals surface area contributed by atoms with Gasteiger partial charge in [-0.3, -0.25) is 19.5 Å². The van der Waals surface area contributed by atoms with E-state index < -0.39 is 5.97 Å². The summed E-state index contributed by atoms with van der Waals surface area (Å²) in [5.74, 6) is -1.27. The summed E-state index contributed by atoms with van der Waals surface area (Å²) in [6, 6.07) is 6.29. The van der Waals surface area contributed by atoms with Crippen LogP contribution in [0.3, 0.4) is 0 Å². The molecule has 6 nitrogen and oxygen atoms in total. The molecule has 1 fully saturated rings. The molecule has 2 heterocycles. The minimum atomic E-state index is -0.844. The number of fused-ring (bicyclic) bond motifs is 1. The lowest BCUT2D eigenvalue weighted by Crippen LogP contribution is -2.37. The lowest BCUT2D eigenvalue weighted by atomic mass is 10.1. The number of carboxylic acids is 1. The Hall–Kier alpha value is -2.54. The first-order valence-corrected chi connectivity index (χ1v) is 9.13. The van der Waals surface area contributed by atoms with Crippen LogP contribution in [0, 0.1) is 12.7 Å². The predicted molar refractivity (Wildman–Crippen MR) is 100 cm³/mol. The molecule has 1 atom stereocenters. The van der Waals surface area contributed by atoms with Gasteiger partial charge < -0.3 is 10.0 Å². The standard InChI is InChI=1S/C20H24FN3O3/c1-13-17(10-14-5-6-15(21)11-18(14)22-13)20(27)24-8-3-4-16(7-9-24)23(2)12-19(25)26/h5-6,10-11,16H,3-4,7-9,12H2,1-2H3,(H,25,26). The number of likely N-dealkylation sites (tertiary alicyclic amines) is 1. The Morgan fingerprint density at radius 2 is 2.07 bits per heavy atom. The zero-order valence-electron chi connectivity index (χ0n) is 15.6. The Balaban J connectivity index is 1.76. The number of carbonyl (C=O) groups excluding carboxylic acids is 1. The molecule has 0 bridgehead atoms. The molecule has 1 aromatic carbocycles. The summed E-state index contributed by atoms with van der Waals surface area (Å²) in [7, 11) is 1.81. The van der Waals surface area contributed by atoms with Gasteiger partial charge in [0.15, 0.2) is 0 Å². The maximum atomic E-state index is 13.4. The summed E-state index contributed by atoms with van der Waals surface area (Å²) < 4.78 is 13.4. The largest absolute Gasteiger partial charge is 0.480 e. The SMILES string of the molecule is Cc1nc2cc(F)ccc2cc1C(=O)N1CCCC(N(C)CC(=O)O)CC1. The number of halogens is 1. The van der Waals surface area contributed by atoms with Crippen molar-refractivity contribution in [1.29, 1.82) is 0 Å². The number of aromatic nitrogens is 1. The number of likely N-dealkylation sites (N-methyl/N-ethyl adjacent to an activating group) is 1. The fourth-order valence-electron chi connectivity index (χ4n) is 3.69. The van der Waals surface area contributed by atoms with Gasteiger partial charge in [0, 0.05) is 30.6 Å². The summed E-state index contributed by atoms with van der Waals surface area (Å²) in [6.45, 7) is 2.98. The van der Waals surface area contributed by atoms with Crippen molar-refractivity contribution < 1.29 is 19.1 Å². The molecule has 0 spiro atoms. The molecule has 1 aliphatic rings. The molecule has 7 heteroatoms. The third-order valence-electron chi connectivity index (χ3n) is 5.19. The van der Waals surface area contributed by atoms with Gasteiger partial charge in [-0.1, -0.05) is 0 Å². The second-order valence-corrected chi connectivity index (χ2v) is 7.14. The van der Waals surface area contributed by atoms with Gasteiger partial charge in [-0.05, 0) is 51.4 Å². The number of aryl methyl sites for hydroxylation is 1. The molecule has 1 aliphatic heterocycles. The molecule has 27 heavy (non-hydrogen) atoms. The van der Waals surface area contributed by atoms with Crippen molar-refractivity contribution in [2.45, 2.75) is 32.2 Å². The Kier molecular flexibility index (Phi) is 5.70. The zero-order valence-corrected chi connectivity index (χ0v) is 15.6. The van der Waals surface area contributed by atoms with Gasteiger partial charge in [0.1, 0.15) is 5.82 Å². The van der Waals surface area contributed by atoms with Gasteiger partial charge in [0.05, 0.1) is 23.3 Å². The van der Waals surface area contributed by atoms with Crippen LogP contribution >= 0.6 is 0 Å². The van der Waals surface area contributed by atoms with E-state index in [4.69, 9.17) is 5.11 Å². The maximum Gasteiger partial charge on any atom is 0.317 e. The van der Waals surface area contributed by atoms with Crippen molar-refractivity contribution >= 4 is 22.8 Å². The van der Waals surface area contributed by atoms with Crippen LogP contribution in [0.2, 0.25) is 0 Å². The molecule has 1 unspecified atom stereocenters. The monoisotopic (exact) mass is 373 g/mol. The third-order valence-corrected chi connectivity index (χ3v) is 5.19. The Bertz CT molecular complexity index is 871. The van der Waals surface area contributed by atoms with Crippen molar-refractivity contribution in [1.82, 2.24) is 14.8 Å². The first-order chi connectivity index (χ1) is 12.8. The van der Waals surface area contributed by atoms with E-state index in [0.717, 1.165) is 24.6 Å². The molecule has 0 saturated carbocycles. The highest BCUT2D eigenvalue weighted by Crippen LogP contribution is 2.22. The first kappa shape index (κ1) is 19.2. The molecular weight excluding hydrogens is 349 g/mol. The van der Waals surface area contributed by atoms with E-state index in [-0.39, 0.29) is 24.3 Å². The highest BCUT2D eigenvalue weighted by atomic mass is 19.1. The molecule has 1 N–H and O–H groups in total. The fraction of sp³-hybridized carbons (Fsp3) is 0.450. The van der Waals surface area contributed by atoms with Gasteiger partial charge in [0.2, 0.25) is 0 Å². The summed E-state index contributed by atoms with van der Waals surface area (Å²) >= 11 is 0. The van der Waals surface area contributed by atoms with E-state index in [1.807, 2.05) is 16.8 Å². The highest BCUT2D eigenvalue weighted by Gasteiger charge is 2.25. The summed E-state index contributed by atoms with van der Waals surface area (Å²) in [5, 5.41) is 9.71. The van der Waals surface area contributed by atoms with Crippen LogP contribution in [-0.2, 0) is 4.79 Å². The predicted octanol–water partition coefficient (Wildman–Crippen LogP) is 2.69. The molecule has 1 aromatic heterocycles. The lowest BCUT2D eigenvalue weighted by molar-refractivity contribution is -0.138. The quantitative estimate of drug-likeness (QED) is 0.892. The Labute approximate surface area is 157 Å². The average Bonchev–Trinajstić information content (AvgIpc) is 2.86. The topological polar surface area (TPSA) is 73.7 Å². The van der Waals surface area contributed by atoms with Crippen LogP contribution in [0.25, 0.3) is 10.9 Å². The molecule has 0 aliphatic carbocycles.